The van der Waals surface area contributed by atoms with Gasteiger partial charge in [-0.05, 0) is 24.3 Å². The Kier molecular flexibility index (Phi) is 3.15. The average Bonchev–Trinajstić information content (AvgIpc) is 2.97. The van der Waals surface area contributed by atoms with Crippen molar-refractivity contribution >= 4 is 11.9 Å². The van der Waals surface area contributed by atoms with Crippen LogP contribution in [0, 0.1) is 0 Å². The van der Waals surface area contributed by atoms with E-state index in [0.717, 1.165) is 0 Å². The molecule has 98 valence electrons. The highest BCUT2D eigenvalue weighted by Gasteiger charge is 2.10. The molecule has 0 spiro atoms. The fourth-order valence-electron chi connectivity index (χ4n) is 1.62. The van der Waals surface area contributed by atoms with Gasteiger partial charge in [0.1, 0.15) is 5.69 Å². The van der Waals surface area contributed by atoms with Crippen LogP contribution in [0.15, 0.2) is 48.9 Å². The number of aromatic nitrogens is 5. The van der Waals surface area contributed by atoms with Crippen molar-refractivity contribution in [2.24, 2.45) is 0 Å². The second-order valence-corrected chi connectivity index (χ2v) is 3.93. The largest absolute Gasteiger partial charge is 0.306 e. The number of amides is 1. The third kappa shape index (κ3) is 2.51. The molecular weight excluding hydrogens is 256 g/mol. The quantitative estimate of drug-likeness (QED) is 0.749. The third-order valence-electron chi connectivity index (χ3n) is 2.57. The molecule has 7 nitrogen and oxygen atoms in total. The third-order valence-corrected chi connectivity index (χ3v) is 2.57. The van der Waals surface area contributed by atoms with Crippen molar-refractivity contribution in [2.45, 2.75) is 0 Å². The van der Waals surface area contributed by atoms with Crippen molar-refractivity contribution in [3.63, 3.8) is 0 Å². The number of hydrogen-bond acceptors (Lipinski definition) is 5. The van der Waals surface area contributed by atoms with Crippen LogP contribution in [0.5, 0.6) is 0 Å². The Morgan fingerprint density at radius 2 is 1.90 bits per heavy atom. The topological polar surface area (TPSA) is 96.5 Å². The van der Waals surface area contributed by atoms with Crippen molar-refractivity contribution in [1.29, 1.82) is 0 Å². The molecule has 3 heterocycles. The highest BCUT2D eigenvalue weighted by atomic mass is 16.1. The van der Waals surface area contributed by atoms with Crippen LogP contribution in [-0.2, 0) is 0 Å². The molecule has 3 aromatic heterocycles. The van der Waals surface area contributed by atoms with E-state index in [1.165, 1.54) is 0 Å². The van der Waals surface area contributed by atoms with E-state index in [1.807, 2.05) is 12.1 Å². The van der Waals surface area contributed by atoms with Crippen LogP contribution in [0.25, 0.3) is 11.5 Å². The lowest BCUT2D eigenvalue weighted by atomic mass is 10.2. The Bertz CT molecular complexity index is 710. The van der Waals surface area contributed by atoms with Gasteiger partial charge in [0.25, 0.3) is 5.91 Å². The van der Waals surface area contributed by atoms with Gasteiger partial charge in [0, 0.05) is 24.2 Å². The maximum Gasteiger partial charge on any atom is 0.258 e. The first-order valence-electron chi connectivity index (χ1n) is 5.88. The number of anilines is 1. The molecule has 3 aromatic rings. The number of nitrogens with zero attached hydrogens (tertiary/aromatic N) is 4. The van der Waals surface area contributed by atoms with E-state index in [4.69, 9.17) is 0 Å². The molecule has 0 aliphatic carbocycles. The molecule has 0 unspecified atom stereocenters. The number of rotatable bonds is 3. The van der Waals surface area contributed by atoms with Crippen molar-refractivity contribution in [3.05, 3.63) is 54.5 Å². The van der Waals surface area contributed by atoms with Gasteiger partial charge in [-0.15, -0.1) is 10.2 Å². The van der Waals surface area contributed by atoms with Gasteiger partial charge in [0.05, 0.1) is 0 Å². The summed E-state index contributed by atoms with van der Waals surface area (Å²) in [6, 6.07) is 8.69. The lowest BCUT2D eigenvalue weighted by Gasteiger charge is -2.00. The van der Waals surface area contributed by atoms with E-state index in [0.29, 0.717) is 17.1 Å². The van der Waals surface area contributed by atoms with Crippen LogP contribution in [0.1, 0.15) is 10.4 Å². The molecule has 0 saturated carbocycles. The van der Waals surface area contributed by atoms with E-state index >= 15 is 0 Å². The molecule has 0 aliphatic rings. The fourth-order valence-corrected chi connectivity index (χ4v) is 1.62. The molecule has 7 heteroatoms. The van der Waals surface area contributed by atoms with Crippen LogP contribution in [0.3, 0.4) is 0 Å². The lowest BCUT2D eigenvalue weighted by molar-refractivity contribution is 0.102. The molecule has 0 saturated heterocycles. The minimum Gasteiger partial charge on any atom is -0.306 e. The number of pyridine rings is 2. The summed E-state index contributed by atoms with van der Waals surface area (Å²) in [6.45, 7) is 0. The summed E-state index contributed by atoms with van der Waals surface area (Å²) in [7, 11) is 0. The summed E-state index contributed by atoms with van der Waals surface area (Å²) in [5.41, 5.74) is 1.15. The number of carbonyl (C=O) groups is 1. The standard InChI is InChI=1S/C13H10N6O/c20-12(9-4-7-14-8-5-9)17-13-16-11(18-19-13)10-3-1-2-6-15-10/h1-8H,(H2,16,17,18,19,20). The summed E-state index contributed by atoms with van der Waals surface area (Å²) < 4.78 is 0. The van der Waals surface area contributed by atoms with Gasteiger partial charge in [-0.25, -0.2) is 0 Å². The van der Waals surface area contributed by atoms with E-state index < -0.39 is 0 Å². The minimum atomic E-state index is -0.281. The zero-order valence-corrected chi connectivity index (χ0v) is 10.3. The predicted molar refractivity (Wildman–Crippen MR) is 71.8 cm³/mol. The van der Waals surface area contributed by atoms with E-state index in [2.05, 4.69) is 30.5 Å². The van der Waals surface area contributed by atoms with E-state index in [1.54, 1.807) is 36.8 Å². The van der Waals surface area contributed by atoms with E-state index in [9.17, 15) is 4.79 Å². The number of hydrogen-bond donors (Lipinski definition) is 2. The van der Waals surface area contributed by atoms with Gasteiger partial charge in [0.2, 0.25) is 5.95 Å². The minimum absolute atomic E-state index is 0.271. The van der Waals surface area contributed by atoms with Crippen LogP contribution >= 0.6 is 0 Å². The van der Waals surface area contributed by atoms with Crippen LogP contribution in [0.4, 0.5) is 5.95 Å². The van der Waals surface area contributed by atoms with Crippen LogP contribution in [0.2, 0.25) is 0 Å². The summed E-state index contributed by atoms with van der Waals surface area (Å²) in [4.78, 5) is 22.8. The molecule has 20 heavy (non-hydrogen) atoms. The van der Waals surface area contributed by atoms with Gasteiger partial charge in [-0.2, -0.15) is 0 Å². The zero-order valence-electron chi connectivity index (χ0n) is 10.3. The Labute approximate surface area is 114 Å². The van der Waals surface area contributed by atoms with Crippen LogP contribution < -0.4 is 5.32 Å². The van der Waals surface area contributed by atoms with Gasteiger partial charge in [0.15, 0.2) is 5.82 Å². The Balaban J connectivity index is 1.77. The maximum atomic E-state index is 11.9. The van der Waals surface area contributed by atoms with Crippen molar-refractivity contribution in [2.75, 3.05) is 5.32 Å². The van der Waals surface area contributed by atoms with Crippen LogP contribution in [-0.4, -0.2) is 31.1 Å². The number of nitrogens with one attached hydrogen (secondary N) is 2. The molecule has 0 fully saturated rings. The van der Waals surface area contributed by atoms with Crippen molar-refractivity contribution in [3.8, 4) is 11.5 Å². The highest BCUT2D eigenvalue weighted by molar-refractivity contribution is 6.03. The van der Waals surface area contributed by atoms with E-state index in [-0.39, 0.29) is 11.9 Å². The first-order valence-corrected chi connectivity index (χ1v) is 5.88. The summed E-state index contributed by atoms with van der Waals surface area (Å²) in [5, 5.41) is 10.4. The fraction of sp³-hybridized carbons (Fsp3) is 0. The molecular formula is C13H10N6O. The Morgan fingerprint density at radius 1 is 1.05 bits per heavy atom. The molecule has 1 amide bonds. The zero-order chi connectivity index (χ0) is 13.8. The number of aromatic amines is 1. The lowest BCUT2D eigenvalue weighted by Crippen LogP contribution is -2.12. The molecule has 3 rings (SSSR count). The second kappa shape index (κ2) is 5.27. The summed E-state index contributed by atoms with van der Waals surface area (Å²) in [5.74, 6) is 0.485. The van der Waals surface area contributed by atoms with Gasteiger partial charge in [-0.3, -0.25) is 20.1 Å². The highest BCUT2D eigenvalue weighted by Crippen LogP contribution is 2.12. The first kappa shape index (κ1) is 12.0. The Morgan fingerprint density at radius 3 is 2.65 bits per heavy atom. The maximum absolute atomic E-state index is 11.9. The first-order chi connectivity index (χ1) is 9.83. The van der Waals surface area contributed by atoms with Crippen molar-refractivity contribution in [1.82, 2.24) is 25.1 Å². The monoisotopic (exact) mass is 266 g/mol. The Hall–Kier alpha value is -3.09. The van der Waals surface area contributed by atoms with Gasteiger partial charge < -0.3 is 4.98 Å². The van der Waals surface area contributed by atoms with Gasteiger partial charge >= 0.3 is 0 Å². The second-order valence-electron chi connectivity index (χ2n) is 3.93. The SMILES string of the molecule is O=C(Nc1nnc(-c2ccccn2)[nH]1)c1ccncc1. The summed E-state index contributed by atoms with van der Waals surface area (Å²) in [6.07, 6.45) is 4.76. The molecule has 0 bridgehead atoms. The number of carbonyl (C=O) groups excluding carboxylic acids is 1. The van der Waals surface area contributed by atoms with Gasteiger partial charge in [-0.1, -0.05) is 6.07 Å². The number of H-pyrrole nitrogens is 1. The molecule has 0 aromatic carbocycles. The molecule has 2 N–H and O–H groups in total. The molecule has 0 atom stereocenters. The molecule has 0 aliphatic heterocycles. The van der Waals surface area contributed by atoms with Crippen molar-refractivity contribution < 1.29 is 4.79 Å². The average molecular weight is 266 g/mol. The summed E-state index contributed by atoms with van der Waals surface area (Å²) >= 11 is 0. The normalized spacial score (nSPS) is 10.2. The predicted octanol–water partition coefficient (Wildman–Crippen LogP) is 1.51. The molecule has 0 radical (unpaired) electrons. The smallest absolute Gasteiger partial charge is 0.258 e.